The summed E-state index contributed by atoms with van der Waals surface area (Å²) in [6.07, 6.45) is 3.89. The molecule has 2 aromatic carbocycles. The quantitative estimate of drug-likeness (QED) is 0.204. The Morgan fingerprint density at radius 3 is 2.65 bits per heavy atom. The highest BCUT2D eigenvalue weighted by molar-refractivity contribution is 7.22. The highest BCUT2D eigenvalue weighted by Gasteiger charge is 2.48. The standard InChI is InChI=1S/C27H21N3O6S/c1-2-11-36-18-7-3-5-15(12-18)23(31)21-22(17-6-4-10-28-14-17)30(25(33)24(21)32)27-29-19-9-8-16(26(34)35)13-20(19)37-27/h3-10,12-14,22,31H,2,11H2,1H3,(H,34,35)/b23-21+. The summed E-state index contributed by atoms with van der Waals surface area (Å²) in [5, 5.41) is 20.8. The van der Waals surface area contributed by atoms with E-state index in [9.17, 15) is 24.6 Å². The molecule has 1 aliphatic rings. The number of hydrogen-bond donors (Lipinski definition) is 2. The summed E-state index contributed by atoms with van der Waals surface area (Å²) in [6.45, 7) is 2.47. The molecule has 2 aromatic heterocycles. The topological polar surface area (TPSA) is 130 Å². The van der Waals surface area contributed by atoms with Gasteiger partial charge in [0.05, 0.1) is 34.0 Å². The molecule has 1 aliphatic heterocycles. The minimum Gasteiger partial charge on any atom is -0.507 e. The number of nitrogens with zero attached hydrogens (tertiary/aromatic N) is 3. The Bertz CT molecular complexity index is 1560. The number of rotatable bonds is 7. The number of anilines is 1. The smallest absolute Gasteiger partial charge is 0.335 e. The minimum atomic E-state index is -1.09. The van der Waals surface area contributed by atoms with Crippen molar-refractivity contribution in [3.05, 3.63) is 89.3 Å². The Balaban J connectivity index is 1.66. The van der Waals surface area contributed by atoms with Crippen LogP contribution in [0.1, 0.15) is 40.9 Å². The number of aromatic nitrogens is 2. The molecular weight excluding hydrogens is 494 g/mol. The van der Waals surface area contributed by atoms with Gasteiger partial charge in [-0.15, -0.1) is 0 Å². The Morgan fingerprint density at radius 1 is 1.08 bits per heavy atom. The van der Waals surface area contributed by atoms with E-state index in [1.54, 1.807) is 48.7 Å². The highest BCUT2D eigenvalue weighted by atomic mass is 32.1. The van der Waals surface area contributed by atoms with Gasteiger partial charge in [-0.05, 0) is 48.4 Å². The third kappa shape index (κ3) is 4.43. The number of aliphatic hydroxyl groups is 1. The Labute approximate surface area is 215 Å². The maximum Gasteiger partial charge on any atom is 0.335 e. The molecule has 186 valence electrons. The van der Waals surface area contributed by atoms with Crippen molar-refractivity contribution in [2.24, 2.45) is 0 Å². The average molecular weight is 516 g/mol. The Hall–Kier alpha value is -4.57. The zero-order chi connectivity index (χ0) is 26.1. The van der Waals surface area contributed by atoms with Crippen LogP contribution in [0.2, 0.25) is 0 Å². The number of aliphatic hydroxyl groups excluding tert-OH is 1. The minimum absolute atomic E-state index is 0.0822. The molecule has 0 aliphatic carbocycles. The van der Waals surface area contributed by atoms with Crippen LogP contribution in [0.15, 0.2) is 72.6 Å². The van der Waals surface area contributed by atoms with Crippen molar-refractivity contribution in [2.45, 2.75) is 19.4 Å². The Kier molecular flexibility index (Phi) is 6.41. The maximum atomic E-state index is 13.4. The fraction of sp³-hybridized carbons (Fsp3) is 0.148. The summed E-state index contributed by atoms with van der Waals surface area (Å²) in [7, 11) is 0. The summed E-state index contributed by atoms with van der Waals surface area (Å²) < 4.78 is 6.21. The molecule has 1 fully saturated rings. The van der Waals surface area contributed by atoms with Crippen LogP contribution in [0, 0.1) is 0 Å². The van der Waals surface area contributed by atoms with E-state index in [1.807, 2.05) is 6.92 Å². The number of fused-ring (bicyclic) bond motifs is 1. The molecule has 10 heteroatoms. The van der Waals surface area contributed by atoms with Gasteiger partial charge in [0.15, 0.2) is 5.13 Å². The first-order valence-corrected chi connectivity index (χ1v) is 12.3. The first-order valence-electron chi connectivity index (χ1n) is 11.5. The molecule has 1 unspecified atom stereocenters. The fourth-order valence-electron chi connectivity index (χ4n) is 4.14. The van der Waals surface area contributed by atoms with E-state index in [0.29, 0.717) is 33.7 Å². The lowest BCUT2D eigenvalue weighted by Gasteiger charge is -2.22. The highest BCUT2D eigenvalue weighted by Crippen LogP contribution is 2.44. The third-order valence-electron chi connectivity index (χ3n) is 5.86. The monoisotopic (exact) mass is 515 g/mol. The summed E-state index contributed by atoms with van der Waals surface area (Å²) in [6, 6.07) is 13.5. The molecule has 1 saturated heterocycles. The molecule has 1 amide bonds. The van der Waals surface area contributed by atoms with Crippen molar-refractivity contribution in [2.75, 3.05) is 11.5 Å². The predicted molar refractivity (Wildman–Crippen MR) is 138 cm³/mol. The van der Waals surface area contributed by atoms with Gasteiger partial charge in [0.1, 0.15) is 11.5 Å². The van der Waals surface area contributed by atoms with Gasteiger partial charge in [0.2, 0.25) is 0 Å². The zero-order valence-corrected chi connectivity index (χ0v) is 20.4. The van der Waals surface area contributed by atoms with Gasteiger partial charge < -0.3 is 14.9 Å². The average Bonchev–Trinajstić information content (AvgIpc) is 3.45. The summed E-state index contributed by atoms with van der Waals surface area (Å²) in [5.74, 6) is -2.62. The summed E-state index contributed by atoms with van der Waals surface area (Å²) >= 11 is 1.09. The molecule has 37 heavy (non-hydrogen) atoms. The fourth-order valence-corrected chi connectivity index (χ4v) is 5.17. The number of amides is 1. The van der Waals surface area contributed by atoms with Crippen LogP contribution in [-0.2, 0) is 9.59 Å². The number of carboxylic acids is 1. The van der Waals surface area contributed by atoms with E-state index in [0.717, 1.165) is 17.8 Å². The van der Waals surface area contributed by atoms with Crippen LogP contribution in [0.4, 0.5) is 5.13 Å². The van der Waals surface area contributed by atoms with E-state index in [2.05, 4.69) is 9.97 Å². The number of Topliss-reactive ketones (excluding diaryl/α,β-unsaturated/α-hetero) is 1. The second-order valence-electron chi connectivity index (χ2n) is 8.32. The molecule has 5 rings (SSSR count). The SMILES string of the molecule is CCCOc1cccc(/C(O)=C2\C(=O)C(=O)N(c3nc4ccc(C(=O)O)cc4s3)C2c2cccnc2)c1. The van der Waals surface area contributed by atoms with E-state index in [-0.39, 0.29) is 22.0 Å². The zero-order valence-electron chi connectivity index (χ0n) is 19.6. The number of hydrogen-bond acceptors (Lipinski definition) is 8. The molecule has 1 atom stereocenters. The molecule has 0 spiro atoms. The number of ether oxygens (including phenoxy) is 1. The van der Waals surface area contributed by atoms with Crippen LogP contribution in [-0.4, -0.2) is 44.4 Å². The van der Waals surface area contributed by atoms with Crippen molar-refractivity contribution < 1.29 is 29.3 Å². The summed E-state index contributed by atoms with van der Waals surface area (Å²) in [4.78, 5) is 48.0. The van der Waals surface area contributed by atoms with Gasteiger partial charge in [0.25, 0.3) is 5.78 Å². The van der Waals surface area contributed by atoms with Crippen molar-refractivity contribution in [3.63, 3.8) is 0 Å². The molecule has 2 N–H and O–H groups in total. The van der Waals surface area contributed by atoms with Crippen LogP contribution in [0.5, 0.6) is 5.75 Å². The normalized spacial score (nSPS) is 16.9. The van der Waals surface area contributed by atoms with Crippen LogP contribution in [0.25, 0.3) is 16.0 Å². The largest absolute Gasteiger partial charge is 0.507 e. The van der Waals surface area contributed by atoms with E-state index in [4.69, 9.17) is 4.74 Å². The maximum absolute atomic E-state index is 13.4. The van der Waals surface area contributed by atoms with E-state index < -0.39 is 23.7 Å². The Morgan fingerprint density at radius 2 is 1.92 bits per heavy atom. The van der Waals surface area contributed by atoms with Crippen LogP contribution >= 0.6 is 11.3 Å². The van der Waals surface area contributed by atoms with Crippen molar-refractivity contribution in [1.82, 2.24) is 9.97 Å². The number of aromatic carboxylic acids is 1. The first-order chi connectivity index (χ1) is 17.9. The number of carboxylic acid groups (broad SMARTS) is 1. The van der Waals surface area contributed by atoms with Gasteiger partial charge in [-0.2, -0.15) is 0 Å². The number of benzene rings is 2. The second kappa shape index (κ2) is 9.82. The van der Waals surface area contributed by atoms with Crippen molar-refractivity contribution >= 4 is 50.1 Å². The molecule has 3 heterocycles. The second-order valence-corrected chi connectivity index (χ2v) is 9.32. The predicted octanol–water partition coefficient (Wildman–Crippen LogP) is 4.80. The molecule has 0 saturated carbocycles. The van der Waals surface area contributed by atoms with E-state index >= 15 is 0 Å². The number of carbonyl (C=O) groups excluding carboxylic acids is 2. The lowest BCUT2D eigenvalue weighted by molar-refractivity contribution is -0.132. The van der Waals surface area contributed by atoms with Gasteiger partial charge in [-0.3, -0.25) is 19.5 Å². The number of pyridine rings is 1. The molecular formula is C27H21N3O6S. The molecule has 9 nitrogen and oxygen atoms in total. The number of thiazole rings is 1. The third-order valence-corrected chi connectivity index (χ3v) is 6.87. The summed E-state index contributed by atoms with van der Waals surface area (Å²) in [5.41, 5.74) is 1.30. The van der Waals surface area contributed by atoms with Gasteiger partial charge in [-0.25, -0.2) is 9.78 Å². The van der Waals surface area contributed by atoms with Gasteiger partial charge in [0, 0.05) is 18.0 Å². The van der Waals surface area contributed by atoms with Crippen molar-refractivity contribution in [3.8, 4) is 5.75 Å². The van der Waals surface area contributed by atoms with Crippen molar-refractivity contribution in [1.29, 1.82) is 0 Å². The van der Waals surface area contributed by atoms with Crippen LogP contribution in [0.3, 0.4) is 0 Å². The van der Waals surface area contributed by atoms with Gasteiger partial charge >= 0.3 is 11.9 Å². The van der Waals surface area contributed by atoms with Crippen LogP contribution < -0.4 is 9.64 Å². The lowest BCUT2D eigenvalue weighted by Crippen LogP contribution is -2.29. The number of carbonyl (C=O) groups is 3. The first kappa shape index (κ1) is 24.1. The molecule has 4 aromatic rings. The van der Waals surface area contributed by atoms with Gasteiger partial charge in [-0.1, -0.05) is 36.5 Å². The number of ketones is 1. The molecule has 0 radical (unpaired) electrons. The lowest BCUT2D eigenvalue weighted by atomic mass is 9.96. The van der Waals surface area contributed by atoms with E-state index in [1.165, 1.54) is 23.2 Å². The molecule has 0 bridgehead atoms.